The number of aliphatic hydroxyl groups excluding tert-OH is 2. The van der Waals surface area contributed by atoms with Gasteiger partial charge in [0.15, 0.2) is 0 Å². The summed E-state index contributed by atoms with van der Waals surface area (Å²) in [5, 5.41) is 19.5. The van der Waals surface area contributed by atoms with Crippen LogP contribution in [0.25, 0.3) is 0 Å². The Labute approximate surface area is 237 Å². The van der Waals surface area contributed by atoms with Crippen molar-refractivity contribution in [3.63, 3.8) is 0 Å². The number of carbonyl (C=O) groups is 4. The first-order valence-corrected chi connectivity index (χ1v) is 14.5. The van der Waals surface area contributed by atoms with Crippen LogP contribution in [0.1, 0.15) is 77.6 Å². The summed E-state index contributed by atoms with van der Waals surface area (Å²) >= 11 is 0. The van der Waals surface area contributed by atoms with E-state index >= 15 is 0 Å². The van der Waals surface area contributed by atoms with Crippen LogP contribution in [0, 0.1) is 11.8 Å². The highest BCUT2D eigenvalue weighted by molar-refractivity contribution is 5.81. The van der Waals surface area contributed by atoms with E-state index in [-0.39, 0.29) is 68.3 Å². The molecule has 0 aliphatic heterocycles. The number of hydrogen-bond acceptors (Lipinski definition) is 10. The highest BCUT2D eigenvalue weighted by Gasteiger charge is 2.34. The van der Waals surface area contributed by atoms with Gasteiger partial charge in [-0.1, -0.05) is 6.58 Å². The summed E-state index contributed by atoms with van der Waals surface area (Å²) in [6, 6.07) is 0. The molecule has 2 aliphatic rings. The molecule has 2 N–H and O–H groups in total. The molecule has 0 aromatic heterocycles. The number of likely N-dealkylation sites (N-methyl/N-ethyl adjacent to an activating group) is 1. The van der Waals surface area contributed by atoms with E-state index in [0.717, 1.165) is 5.70 Å². The predicted molar refractivity (Wildman–Crippen MR) is 147 cm³/mol. The second kappa shape index (κ2) is 17.2. The maximum atomic E-state index is 12.6. The minimum Gasteiger partial charge on any atom is -0.465 e. The molecule has 11 heteroatoms. The molecule has 2 fully saturated rings. The molecule has 40 heavy (non-hydrogen) atoms. The quantitative estimate of drug-likeness (QED) is 0.223. The Morgan fingerprint density at radius 3 is 2.15 bits per heavy atom. The second-order valence-corrected chi connectivity index (χ2v) is 11.0. The van der Waals surface area contributed by atoms with E-state index < -0.39 is 18.2 Å². The van der Waals surface area contributed by atoms with Gasteiger partial charge in [-0.3, -0.25) is 19.2 Å². The third-order valence-corrected chi connectivity index (χ3v) is 7.95. The highest BCUT2D eigenvalue weighted by atomic mass is 16.6. The van der Waals surface area contributed by atoms with Gasteiger partial charge in [-0.25, -0.2) is 0 Å². The number of rotatable bonds is 15. The van der Waals surface area contributed by atoms with E-state index in [4.69, 9.17) is 19.3 Å². The molecule has 0 aromatic carbocycles. The minimum atomic E-state index is -0.815. The van der Waals surface area contributed by atoms with E-state index in [2.05, 4.69) is 6.58 Å². The van der Waals surface area contributed by atoms with E-state index in [1.165, 1.54) is 0 Å². The molecule has 0 bridgehead atoms. The third kappa shape index (κ3) is 11.4. The Balaban J connectivity index is 1.62. The molecular formula is C29H48N2O9. The lowest BCUT2D eigenvalue weighted by Gasteiger charge is -2.33. The molecule has 0 aromatic rings. The SMILES string of the molecule is C=C(CCC(=O)OC1CCC(COC(=O)C2CCC(OC(=O)CCC(=O)N(C)CC)CC2)CC1O)N(C)CCO. The Bertz CT molecular complexity index is 856. The summed E-state index contributed by atoms with van der Waals surface area (Å²) in [5.74, 6) is -1.40. The van der Waals surface area contributed by atoms with E-state index in [1.54, 1.807) is 23.9 Å². The lowest BCUT2D eigenvalue weighted by molar-refractivity contribution is -0.161. The second-order valence-electron chi connectivity index (χ2n) is 11.0. The van der Waals surface area contributed by atoms with Crippen LogP contribution in [-0.2, 0) is 33.4 Å². The molecule has 0 spiro atoms. The largest absolute Gasteiger partial charge is 0.465 e. The van der Waals surface area contributed by atoms with Crippen molar-refractivity contribution in [1.29, 1.82) is 0 Å². The van der Waals surface area contributed by atoms with Crippen molar-refractivity contribution in [2.75, 3.05) is 40.4 Å². The number of esters is 3. The average molecular weight is 569 g/mol. The van der Waals surface area contributed by atoms with Crippen LogP contribution >= 0.6 is 0 Å². The van der Waals surface area contributed by atoms with E-state index in [1.807, 2.05) is 6.92 Å². The smallest absolute Gasteiger partial charge is 0.308 e. The summed E-state index contributed by atoms with van der Waals surface area (Å²) in [6.45, 7) is 7.03. The Kier molecular flexibility index (Phi) is 14.4. The van der Waals surface area contributed by atoms with Gasteiger partial charge in [0, 0.05) is 39.3 Å². The molecule has 3 unspecified atom stereocenters. The molecule has 1 amide bonds. The molecule has 11 nitrogen and oxygen atoms in total. The number of nitrogens with zero attached hydrogens (tertiary/aromatic N) is 2. The number of aliphatic hydroxyl groups is 2. The molecule has 228 valence electrons. The number of hydrogen-bond donors (Lipinski definition) is 2. The standard InChI is InChI=1S/C29H48N2O9/c1-5-30(3)26(34)13-15-27(35)39-23-10-8-22(9-11-23)29(37)38-19-21-7-12-25(24(33)18-21)40-28(36)14-6-20(2)31(4)16-17-32/h21-25,32-33H,2,5-19H2,1,3-4H3. The van der Waals surface area contributed by atoms with Gasteiger partial charge in [-0.05, 0) is 64.2 Å². The van der Waals surface area contributed by atoms with Crippen molar-refractivity contribution in [2.45, 2.75) is 95.9 Å². The van der Waals surface area contributed by atoms with Crippen molar-refractivity contribution in [1.82, 2.24) is 9.80 Å². The fourth-order valence-corrected chi connectivity index (χ4v) is 5.02. The first kappa shape index (κ1) is 33.5. The molecule has 2 aliphatic carbocycles. The molecule has 2 saturated carbocycles. The van der Waals surface area contributed by atoms with Crippen LogP contribution in [0.2, 0.25) is 0 Å². The van der Waals surface area contributed by atoms with Gasteiger partial charge in [0.1, 0.15) is 12.2 Å². The topological polar surface area (TPSA) is 143 Å². The molecule has 0 radical (unpaired) electrons. The van der Waals surface area contributed by atoms with Gasteiger partial charge in [0.05, 0.1) is 38.1 Å². The first-order chi connectivity index (χ1) is 19.0. The fourth-order valence-electron chi connectivity index (χ4n) is 5.02. The summed E-state index contributed by atoms with van der Waals surface area (Å²) in [4.78, 5) is 52.1. The molecule has 2 rings (SSSR count). The van der Waals surface area contributed by atoms with Gasteiger partial charge in [0.25, 0.3) is 0 Å². The summed E-state index contributed by atoms with van der Waals surface area (Å²) < 4.78 is 16.5. The first-order valence-electron chi connectivity index (χ1n) is 14.5. The van der Waals surface area contributed by atoms with Crippen LogP contribution in [0.4, 0.5) is 0 Å². The third-order valence-electron chi connectivity index (χ3n) is 7.95. The van der Waals surface area contributed by atoms with Gasteiger partial charge in [-0.2, -0.15) is 0 Å². The zero-order chi connectivity index (χ0) is 29.7. The number of amides is 1. The highest BCUT2D eigenvalue weighted by Crippen LogP contribution is 2.30. The van der Waals surface area contributed by atoms with Crippen LogP contribution in [0.3, 0.4) is 0 Å². The zero-order valence-electron chi connectivity index (χ0n) is 24.3. The van der Waals surface area contributed by atoms with Gasteiger partial charge >= 0.3 is 17.9 Å². The van der Waals surface area contributed by atoms with Crippen molar-refractivity contribution in [3.05, 3.63) is 12.3 Å². The monoisotopic (exact) mass is 568 g/mol. The van der Waals surface area contributed by atoms with Gasteiger partial charge < -0.3 is 34.2 Å². The molecular weight excluding hydrogens is 520 g/mol. The van der Waals surface area contributed by atoms with E-state index in [9.17, 15) is 24.3 Å². The van der Waals surface area contributed by atoms with Crippen LogP contribution in [-0.4, -0.2) is 103 Å². The Morgan fingerprint density at radius 2 is 1.52 bits per heavy atom. The normalized spacial score (nSPS) is 24.5. The molecule has 0 heterocycles. The zero-order valence-corrected chi connectivity index (χ0v) is 24.3. The number of ether oxygens (including phenoxy) is 3. The minimum absolute atomic E-state index is 0.00551. The van der Waals surface area contributed by atoms with Crippen molar-refractivity contribution >= 4 is 23.8 Å². The Morgan fingerprint density at radius 1 is 0.875 bits per heavy atom. The lowest BCUT2D eigenvalue weighted by atomic mass is 9.85. The number of carbonyl (C=O) groups excluding carboxylic acids is 4. The van der Waals surface area contributed by atoms with E-state index in [0.29, 0.717) is 64.5 Å². The average Bonchev–Trinajstić information content (AvgIpc) is 2.94. The molecule has 0 saturated heterocycles. The van der Waals surface area contributed by atoms with Crippen LogP contribution < -0.4 is 0 Å². The lowest BCUT2D eigenvalue weighted by Crippen LogP contribution is -2.39. The summed E-state index contributed by atoms with van der Waals surface area (Å²) in [6.07, 6.45) is 2.96. The van der Waals surface area contributed by atoms with Crippen molar-refractivity contribution in [2.24, 2.45) is 11.8 Å². The number of allylic oxidation sites excluding steroid dienone is 1. The maximum absolute atomic E-state index is 12.6. The summed E-state index contributed by atoms with van der Waals surface area (Å²) in [7, 11) is 3.49. The van der Waals surface area contributed by atoms with Crippen molar-refractivity contribution in [3.8, 4) is 0 Å². The van der Waals surface area contributed by atoms with Gasteiger partial charge in [0.2, 0.25) is 5.91 Å². The molecule has 3 atom stereocenters. The van der Waals surface area contributed by atoms with Crippen LogP contribution in [0.5, 0.6) is 0 Å². The fraction of sp³-hybridized carbons (Fsp3) is 0.793. The maximum Gasteiger partial charge on any atom is 0.308 e. The van der Waals surface area contributed by atoms with Crippen LogP contribution in [0.15, 0.2) is 12.3 Å². The van der Waals surface area contributed by atoms with Gasteiger partial charge in [-0.15, -0.1) is 0 Å². The predicted octanol–water partition coefficient (Wildman–Crippen LogP) is 2.18. The van der Waals surface area contributed by atoms with Crippen molar-refractivity contribution < 1.29 is 43.6 Å². The Hall–Kier alpha value is -2.66. The summed E-state index contributed by atoms with van der Waals surface area (Å²) in [5.41, 5.74) is 0.732.